The van der Waals surface area contributed by atoms with E-state index in [1.165, 1.54) is 0 Å². The van der Waals surface area contributed by atoms with Crippen molar-refractivity contribution in [3.8, 4) is 5.75 Å². The molecule has 2 aliphatic carbocycles. The van der Waals surface area contributed by atoms with E-state index >= 15 is 0 Å². The summed E-state index contributed by atoms with van der Waals surface area (Å²) in [6.45, 7) is 14.0. The van der Waals surface area contributed by atoms with Gasteiger partial charge in [-0.25, -0.2) is 4.85 Å². The standard InChI is InChI=1S/C48H51N7O6/c1-49-41-15-17-44(39-3-2-21-50-45(39)41)61-37-12-6-33(7-13-37)51-46(58)32-4-8-34(9-5-32)53-23-19-31(20-24-53)18-22-52-25-27-54(28-26-52)35-10-14-38-40(29-35)48(60)55(47(38)59)42-16-11-36(56)30-43(42)57/h2-5,8-10,14-15,17,21,29,31,33,37,42H,6-7,11-13,16,18-20,22-28,30H2,(H,51,58). The summed E-state index contributed by atoms with van der Waals surface area (Å²) in [6.07, 6.45) is 8.73. The van der Waals surface area contributed by atoms with Gasteiger partial charge in [0.2, 0.25) is 5.69 Å². The van der Waals surface area contributed by atoms with E-state index in [4.69, 9.17) is 11.3 Å². The molecule has 13 heteroatoms. The zero-order valence-electron chi connectivity index (χ0n) is 34.4. The number of nitrogens with one attached hydrogen (secondary N) is 1. The molecule has 3 aliphatic heterocycles. The second kappa shape index (κ2) is 17.5. The summed E-state index contributed by atoms with van der Waals surface area (Å²) in [6, 6.07) is 20.1. The molecule has 0 spiro atoms. The maximum atomic E-state index is 13.4. The van der Waals surface area contributed by atoms with Gasteiger partial charge in [0.15, 0.2) is 5.78 Å². The van der Waals surface area contributed by atoms with Crippen molar-refractivity contribution in [1.29, 1.82) is 0 Å². The predicted octanol–water partition coefficient (Wildman–Crippen LogP) is 6.62. The molecule has 3 aromatic carbocycles. The average molecular weight is 822 g/mol. The Kier molecular flexibility index (Phi) is 11.5. The summed E-state index contributed by atoms with van der Waals surface area (Å²) in [5.41, 5.74) is 4.59. The van der Waals surface area contributed by atoms with Crippen molar-refractivity contribution < 1.29 is 28.7 Å². The second-order valence-electron chi connectivity index (χ2n) is 17.2. The minimum atomic E-state index is -0.856. The molecule has 4 aromatic rings. The van der Waals surface area contributed by atoms with Crippen LogP contribution in [0.4, 0.5) is 17.1 Å². The van der Waals surface area contributed by atoms with Crippen LogP contribution in [0.25, 0.3) is 15.7 Å². The largest absolute Gasteiger partial charge is 0.490 e. The number of nitrogens with zero attached hydrogens (tertiary/aromatic N) is 6. The third-order valence-electron chi connectivity index (χ3n) is 13.5. The van der Waals surface area contributed by atoms with E-state index in [9.17, 15) is 24.0 Å². The highest BCUT2D eigenvalue weighted by molar-refractivity contribution is 6.24. The number of imide groups is 1. The molecular weight excluding hydrogens is 771 g/mol. The Balaban J connectivity index is 0.684. The third-order valence-corrected chi connectivity index (χ3v) is 13.5. The van der Waals surface area contributed by atoms with Gasteiger partial charge in [-0.15, -0.1) is 0 Å². The van der Waals surface area contributed by atoms with E-state index in [-0.39, 0.29) is 48.9 Å². The Morgan fingerprint density at radius 1 is 0.787 bits per heavy atom. The molecule has 4 heterocycles. The molecule has 13 nitrogen and oxygen atoms in total. The number of pyridine rings is 1. The number of piperidine rings is 1. The lowest BCUT2D eigenvalue weighted by Crippen LogP contribution is -2.47. The maximum Gasteiger partial charge on any atom is 0.262 e. The van der Waals surface area contributed by atoms with E-state index in [2.05, 4.69) is 42.0 Å². The van der Waals surface area contributed by atoms with E-state index in [0.29, 0.717) is 33.8 Å². The van der Waals surface area contributed by atoms with Crippen LogP contribution in [0.1, 0.15) is 95.3 Å². The number of aromatic nitrogens is 1. The smallest absolute Gasteiger partial charge is 0.262 e. The van der Waals surface area contributed by atoms with Gasteiger partial charge in [-0.2, -0.15) is 0 Å². The monoisotopic (exact) mass is 821 g/mol. The number of hydrogen-bond acceptors (Lipinski definition) is 10. The van der Waals surface area contributed by atoms with Gasteiger partial charge in [0.05, 0.1) is 41.8 Å². The Hall–Kier alpha value is -6.13. The van der Waals surface area contributed by atoms with Crippen LogP contribution in [-0.2, 0) is 9.59 Å². The molecule has 9 rings (SSSR count). The van der Waals surface area contributed by atoms with Crippen molar-refractivity contribution >= 4 is 57.3 Å². The topological polar surface area (TPSA) is 137 Å². The number of hydrogen-bond donors (Lipinski definition) is 1. The molecule has 2 saturated heterocycles. The number of Topliss-reactive ketones (excluding diaryl/α,β-unsaturated/α-hetero) is 2. The van der Waals surface area contributed by atoms with Crippen molar-refractivity contribution in [1.82, 2.24) is 20.1 Å². The number of carbonyl (C=O) groups is 5. The molecule has 61 heavy (non-hydrogen) atoms. The van der Waals surface area contributed by atoms with Crippen molar-refractivity contribution in [2.24, 2.45) is 5.92 Å². The van der Waals surface area contributed by atoms with Gasteiger partial charge in [-0.1, -0.05) is 6.07 Å². The summed E-state index contributed by atoms with van der Waals surface area (Å²) in [5.74, 6) is 0.00193. The number of ketones is 2. The van der Waals surface area contributed by atoms with Crippen LogP contribution < -0.4 is 19.9 Å². The van der Waals surface area contributed by atoms with Gasteiger partial charge in [0, 0.05) is 80.3 Å². The van der Waals surface area contributed by atoms with Crippen LogP contribution in [0.15, 0.2) is 72.9 Å². The van der Waals surface area contributed by atoms with Gasteiger partial charge < -0.3 is 19.9 Å². The van der Waals surface area contributed by atoms with Crippen LogP contribution in [0.2, 0.25) is 0 Å². The quantitative estimate of drug-likeness (QED) is 0.106. The number of fused-ring (bicyclic) bond motifs is 2. The third kappa shape index (κ3) is 8.46. The van der Waals surface area contributed by atoms with Crippen LogP contribution in [0.3, 0.4) is 0 Å². The van der Waals surface area contributed by atoms with Crippen LogP contribution in [0.5, 0.6) is 5.75 Å². The van der Waals surface area contributed by atoms with E-state index in [0.717, 1.165) is 118 Å². The summed E-state index contributed by atoms with van der Waals surface area (Å²) in [5, 5.41) is 4.10. The average Bonchev–Trinajstić information content (AvgIpc) is 3.54. The van der Waals surface area contributed by atoms with Gasteiger partial charge in [0.1, 0.15) is 11.5 Å². The normalized spacial score (nSPS) is 22.7. The fraction of sp³-hybridized carbons (Fsp3) is 0.438. The fourth-order valence-electron chi connectivity index (χ4n) is 9.86. The van der Waals surface area contributed by atoms with Crippen LogP contribution in [-0.4, -0.2) is 108 Å². The second-order valence-corrected chi connectivity index (χ2v) is 17.2. The van der Waals surface area contributed by atoms with Gasteiger partial charge in [-0.3, -0.25) is 38.8 Å². The first-order chi connectivity index (χ1) is 29.7. The molecule has 0 bridgehead atoms. The highest BCUT2D eigenvalue weighted by Gasteiger charge is 2.44. The molecule has 3 amide bonds. The van der Waals surface area contributed by atoms with Crippen molar-refractivity contribution in [3.63, 3.8) is 0 Å². The Labute approximate surface area is 355 Å². The molecule has 5 aliphatic rings. The number of amides is 3. The summed E-state index contributed by atoms with van der Waals surface area (Å²) in [4.78, 5) is 80.3. The number of ether oxygens (including phenoxy) is 1. The lowest BCUT2D eigenvalue weighted by Gasteiger charge is -2.38. The lowest BCUT2D eigenvalue weighted by atomic mass is 9.92. The Morgan fingerprint density at radius 2 is 1.51 bits per heavy atom. The highest BCUT2D eigenvalue weighted by atomic mass is 16.5. The van der Waals surface area contributed by atoms with Gasteiger partial charge >= 0.3 is 0 Å². The van der Waals surface area contributed by atoms with Crippen LogP contribution >= 0.6 is 0 Å². The zero-order valence-corrected chi connectivity index (χ0v) is 34.4. The molecule has 314 valence electrons. The van der Waals surface area contributed by atoms with Gasteiger partial charge in [0.25, 0.3) is 17.7 Å². The number of piperazine rings is 1. The fourth-order valence-corrected chi connectivity index (χ4v) is 9.86. The molecule has 1 aromatic heterocycles. The van der Waals surface area contributed by atoms with E-state index in [1.807, 2.05) is 36.4 Å². The molecule has 0 radical (unpaired) electrons. The summed E-state index contributed by atoms with van der Waals surface area (Å²) >= 11 is 0. The number of benzene rings is 3. The first kappa shape index (κ1) is 40.3. The van der Waals surface area contributed by atoms with Crippen molar-refractivity contribution in [2.75, 3.05) is 55.6 Å². The minimum Gasteiger partial charge on any atom is -0.490 e. The number of anilines is 2. The maximum absolute atomic E-state index is 13.4. The molecular formula is C48H51N7O6. The number of carbonyl (C=O) groups excluding carboxylic acids is 5. The molecule has 4 fully saturated rings. The SMILES string of the molecule is [C-]#[N+]c1ccc(OC2CCC(NC(=O)c3ccc(N4CCC(CCN5CCN(c6ccc7c(c6)C(=O)N(C6CCC(=O)CC6=O)C7=O)CC5)CC4)cc3)CC2)c2cccnc12. The summed E-state index contributed by atoms with van der Waals surface area (Å²) in [7, 11) is 0. The highest BCUT2D eigenvalue weighted by Crippen LogP contribution is 2.35. The zero-order chi connectivity index (χ0) is 42.0. The van der Waals surface area contributed by atoms with Crippen LogP contribution in [0, 0.1) is 12.5 Å². The first-order valence-electron chi connectivity index (χ1n) is 21.8. The Bertz CT molecular complexity index is 2390. The Morgan fingerprint density at radius 3 is 2.25 bits per heavy atom. The predicted molar refractivity (Wildman–Crippen MR) is 231 cm³/mol. The van der Waals surface area contributed by atoms with E-state index < -0.39 is 17.9 Å². The van der Waals surface area contributed by atoms with E-state index in [1.54, 1.807) is 24.4 Å². The van der Waals surface area contributed by atoms with Crippen molar-refractivity contribution in [2.45, 2.75) is 82.4 Å². The molecule has 2 saturated carbocycles. The molecule has 1 unspecified atom stereocenters. The van der Waals surface area contributed by atoms with Gasteiger partial charge in [-0.05, 0) is 124 Å². The molecule has 1 atom stereocenters. The summed E-state index contributed by atoms with van der Waals surface area (Å²) < 4.78 is 6.38. The first-order valence-corrected chi connectivity index (χ1v) is 21.8. The lowest BCUT2D eigenvalue weighted by molar-refractivity contribution is -0.132. The van der Waals surface area contributed by atoms with Crippen molar-refractivity contribution in [3.05, 3.63) is 101 Å². The molecule has 1 N–H and O–H groups in total. The minimum absolute atomic E-state index is 0.0402. The number of rotatable bonds is 10.